The molecule has 4 rings (SSSR count). The summed E-state index contributed by atoms with van der Waals surface area (Å²) < 4.78 is 1.97. The molecule has 166 valence electrons. The summed E-state index contributed by atoms with van der Waals surface area (Å²) in [5, 5.41) is 24.5. The number of imidazole rings is 1. The zero-order valence-corrected chi connectivity index (χ0v) is 18.6. The third-order valence-electron chi connectivity index (χ3n) is 6.12. The van der Waals surface area contributed by atoms with Crippen molar-refractivity contribution in [2.75, 3.05) is 0 Å². The molecule has 0 saturated carbocycles. The molecular weight excluding hydrogens is 414 g/mol. The SMILES string of the molecule is Cn1cncc1C(NCc1ccc([N+](=O)[O-])cc1)C1=CCC(C)(C#N)C(c2ccccc2)=C1. The van der Waals surface area contributed by atoms with Crippen molar-refractivity contribution in [2.24, 2.45) is 12.5 Å². The Bertz CT molecular complexity index is 1250. The maximum atomic E-state index is 10.9. The second kappa shape index (κ2) is 9.23. The summed E-state index contributed by atoms with van der Waals surface area (Å²) in [6.45, 7) is 2.50. The van der Waals surface area contributed by atoms with Crippen LogP contribution in [0.25, 0.3) is 5.57 Å². The van der Waals surface area contributed by atoms with E-state index in [2.05, 4.69) is 28.5 Å². The van der Waals surface area contributed by atoms with Gasteiger partial charge >= 0.3 is 0 Å². The maximum absolute atomic E-state index is 10.9. The van der Waals surface area contributed by atoms with Gasteiger partial charge in [0.1, 0.15) is 0 Å². The summed E-state index contributed by atoms with van der Waals surface area (Å²) in [5.41, 5.74) is 4.49. The molecule has 0 spiro atoms. The van der Waals surface area contributed by atoms with E-state index in [9.17, 15) is 15.4 Å². The summed E-state index contributed by atoms with van der Waals surface area (Å²) in [6.07, 6.45) is 8.44. The van der Waals surface area contributed by atoms with Gasteiger partial charge in [-0.25, -0.2) is 4.98 Å². The zero-order valence-electron chi connectivity index (χ0n) is 18.6. The molecule has 1 aromatic heterocycles. The fraction of sp³-hybridized carbons (Fsp3) is 0.231. The van der Waals surface area contributed by atoms with E-state index in [1.54, 1.807) is 18.5 Å². The van der Waals surface area contributed by atoms with Gasteiger partial charge in [0.25, 0.3) is 5.69 Å². The number of nitriles is 1. The van der Waals surface area contributed by atoms with Gasteiger partial charge in [0, 0.05) is 25.7 Å². The molecule has 0 radical (unpaired) electrons. The van der Waals surface area contributed by atoms with Crippen molar-refractivity contribution in [1.29, 1.82) is 5.26 Å². The Kier molecular flexibility index (Phi) is 6.20. The molecule has 0 amide bonds. The summed E-state index contributed by atoms with van der Waals surface area (Å²) >= 11 is 0. The molecule has 0 fully saturated rings. The van der Waals surface area contributed by atoms with E-state index in [0.717, 1.165) is 28.0 Å². The quantitative estimate of drug-likeness (QED) is 0.408. The van der Waals surface area contributed by atoms with Crippen molar-refractivity contribution in [3.63, 3.8) is 0 Å². The lowest BCUT2D eigenvalue weighted by Crippen LogP contribution is -2.27. The number of benzene rings is 2. The maximum Gasteiger partial charge on any atom is 0.269 e. The fourth-order valence-corrected chi connectivity index (χ4v) is 4.14. The highest BCUT2D eigenvalue weighted by Crippen LogP contribution is 2.44. The minimum atomic E-state index is -0.611. The number of nitrogens with zero attached hydrogens (tertiary/aromatic N) is 4. The molecule has 7 heteroatoms. The van der Waals surface area contributed by atoms with Crippen molar-refractivity contribution in [3.05, 3.63) is 112 Å². The summed E-state index contributed by atoms with van der Waals surface area (Å²) in [7, 11) is 1.95. The number of rotatable bonds is 7. The highest BCUT2D eigenvalue weighted by atomic mass is 16.6. The van der Waals surface area contributed by atoms with Crippen LogP contribution < -0.4 is 5.32 Å². The predicted molar refractivity (Wildman–Crippen MR) is 127 cm³/mol. The van der Waals surface area contributed by atoms with Crippen LogP contribution in [-0.4, -0.2) is 14.5 Å². The first-order valence-electron chi connectivity index (χ1n) is 10.7. The molecule has 33 heavy (non-hydrogen) atoms. The molecule has 3 aromatic rings. The molecule has 7 nitrogen and oxygen atoms in total. The Morgan fingerprint density at radius 1 is 1.24 bits per heavy atom. The number of hydrogen-bond acceptors (Lipinski definition) is 5. The third-order valence-corrected chi connectivity index (χ3v) is 6.12. The average Bonchev–Trinajstić information content (AvgIpc) is 3.26. The number of allylic oxidation sites excluding steroid dienone is 2. The number of hydrogen-bond donors (Lipinski definition) is 1. The molecule has 0 saturated heterocycles. The van der Waals surface area contributed by atoms with Crippen LogP contribution in [0.15, 0.2) is 84.8 Å². The van der Waals surface area contributed by atoms with E-state index in [-0.39, 0.29) is 11.7 Å². The lowest BCUT2D eigenvalue weighted by Gasteiger charge is -2.31. The summed E-state index contributed by atoms with van der Waals surface area (Å²) in [6, 6.07) is 18.9. The number of non-ortho nitro benzene ring substituents is 1. The van der Waals surface area contributed by atoms with Gasteiger partial charge in [-0.05, 0) is 35.6 Å². The van der Waals surface area contributed by atoms with Gasteiger partial charge in [-0.3, -0.25) is 10.1 Å². The lowest BCUT2D eigenvalue weighted by atomic mass is 9.72. The molecule has 2 aromatic carbocycles. The van der Waals surface area contributed by atoms with Crippen molar-refractivity contribution < 1.29 is 4.92 Å². The van der Waals surface area contributed by atoms with E-state index in [1.807, 2.05) is 55.1 Å². The van der Waals surface area contributed by atoms with Gasteiger partial charge in [0.15, 0.2) is 0 Å². The Balaban J connectivity index is 1.67. The standard InChI is InChI=1S/C26H25N5O2/c1-26(17-27)13-12-21(14-23(26)20-6-4-3-5-7-20)25(24-16-28-18-30(24)2)29-15-19-8-10-22(11-9-19)31(32)33/h3-12,14,16,18,25,29H,13,15H2,1-2H3. The normalized spacial score (nSPS) is 18.7. The van der Waals surface area contributed by atoms with E-state index in [4.69, 9.17) is 0 Å². The Morgan fingerprint density at radius 3 is 2.58 bits per heavy atom. The van der Waals surface area contributed by atoms with Gasteiger partial charge in [-0.2, -0.15) is 5.26 Å². The van der Waals surface area contributed by atoms with Crippen LogP contribution in [0.3, 0.4) is 0 Å². The summed E-state index contributed by atoms with van der Waals surface area (Å²) in [4.78, 5) is 14.8. The van der Waals surface area contributed by atoms with E-state index >= 15 is 0 Å². The van der Waals surface area contributed by atoms with Crippen LogP contribution in [0.4, 0.5) is 5.69 Å². The van der Waals surface area contributed by atoms with Gasteiger partial charge < -0.3 is 9.88 Å². The minimum absolute atomic E-state index is 0.0724. The van der Waals surface area contributed by atoms with E-state index in [1.165, 1.54) is 12.1 Å². The lowest BCUT2D eigenvalue weighted by molar-refractivity contribution is -0.384. The van der Waals surface area contributed by atoms with Crippen LogP contribution in [0.5, 0.6) is 0 Å². The van der Waals surface area contributed by atoms with Crippen molar-refractivity contribution in [3.8, 4) is 6.07 Å². The first kappa shape index (κ1) is 22.2. The molecule has 1 aliphatic rings. The predicted octanol–water partition coefficient (Wildman–Crippen LogP) is 5.10. The molecule has 2 atom stereocenters. The highest BCUT2D eigenvalue weighted by molar-refractivity contribution is 5.76. The molecule has 1 N–H and O–H groups in total. The number of nitrogens with one attached hydrogen (secondary N) is 1. The van der Waals surface area contributed by atoms with Crippen molar-refractivity contribution >= 4 is 11.3 Å². The smallest absolute Gasteiger partial charge is 0.269 e. The van der Waals surface area contributed by atoms with E-state index in [0.29, 0.717) is 13.0 Å². The number of nitro benzene ring substituents is 1. The van der Waals surface area contributed by atoms with Crippen molar-refractivity contribution in [2.45, 2.75) is 25.9 Å². The highest BCUT2D eigenvalue weighted by Gasteiger charge is 2.33. The number of nitro groups is 1. The van der Waals surface area contributed by atoms with Crippen LogP contribution in [0.2, 0.25) is 0 Å². The number of aromatic nitrogens is 2. The molecule has 1 aliphatic carbocycles. The van der Waals surface area contributed by atoms with Crippen LogP contribution in [0.1, 0.15) is 36.2 Å². The van der Waals surface area contributed by atoms with Gasteiger partial charge in [0.2, 0.25) is 0 Å². The van der Waals surface area contributed by atoms with Gasteiger partial charge in [-0.1, -0.05) is 54.6 Å². The molecule has 0 aliphatic heterocycles. The molecule has 1 heterocycles. The first-order chi connectivity index (χ1) is 15.9. The molecule has 0 bridgehead atoms. The summed E-state index contributed by atoms with van der Waals surface area (Å²) in [5.74, 6) is 0. The van der Waals surface area contributed by atoms with Crippen LogP contribution in [0, 0.1) is 26.9 Å². The van der Waals surface area contributed by atoms with Crippen LogP contribution >= 0.6 is 0 Å². The molecule has 2 unspecified atom stereocenters. The molecular formula is C26H25N5O2. The fourth-order valence-electron chi connectivity index (χ4n) is 4.14. The average molecular weight is 440 g/mol. The monoisotopic (exact) mass is 439 g/mol. The van der Waals surface area contributed by atoms with Crippen LogP contribution in [-0.2, 0) is 13.6 Å². The Hall–Kier alpha value is -4.02. The minimum Gasteiger partial charge on any atom is -0.336 e. The Labute approximate surface area is 192 Å². The van der Waals surface area contributed by atoms with Gasteiger partial charge in [0.05, 0.1) is 40.7 Å². The van der Waals surface area contributed by atoms with Crippen molar-refractivity contribution in [1.82, 2.24) is 14.9 Å². The zero-order chi connectivity index (χ0) is 23.4. The van der Waals surface area contributed by atoms with Gasteiger partial charge in [-0.15, -0.1) is 0 Å². The Morgan fingerprint density at radius 2 is 1.97 bits per heavy atom. The largest absolute Gasteiger partial charge is 0.336 e. The first-order valence-corrected chi connectivity index (χ1v) is 10.7. The third kappa shape index (κ3) is 4.61. The van der Waals surface area contributed by atoms with E-state index < -0.39 is 10.3 Å². The number of aryl methyl sites for hydroxylation is 1. The second-order valence-corrected chi connectivity index (χ2v) is 8.44. The topological polar surface area (TPSA) is 96.8 Å². The second-order valence-electron chi connectivity index (χ2n) is 8.44.